The Morgan fingerprint density at radius 2 is 2.33 bits per heavy atom. The van der Waals surface area contributed by atoms with Gasteiger partial charge in [-0.25, -0.2) is 8.42 Å². The van der Waals surface area contributed by atoms with E-state index < -0.39 is 9.84 Å². The van der Waals surface area contributed by atoms with Gasteiger partial charge in [-0.2, -0.15) is 0 Å². The standard InChI is InChI=1S/C6H8O2S/c1-2-6-3-4-9(7,8)5-6/h2-3H,1,4-5H2. The Kier molecular flexibility index (Phi) is 1.45. The van der Waals surface area contributed by atoms with Crippen LogP contribution in [0.2, 0.25) is 0 Å². The first kappa shape index (κ1) is 6.55. The SMILES string of the molecule is C=CC1=CCS(=O)(=O)C1. The molecule has 0 aromatic rings. The van der Waals surface area contributed by atoms with E-state index in [4.69, 9.17) is 0 Å². The summed E-state index contributed by atoms with van der Waals surface area (Å²) in [6, 6.07) is 0. The normalized spacial score (nSPS) is 23.3. The predicted octanol–water partition coefficient (Wildman–Crippen LogP) is 0.527. The van der Waals surface area contributed by atoms with E-state index >= 15 is 0 Å². The minimum Gasteiger partial charge on any atom is -0.228 e. The third-order valence-electron chi connectivity index (χ3n) is 1.25. The Balaban J connectivity index is 2.83. The lowest BCUT2D eigenvalue weighted by molar-refractivity contribution is 0.603. The van der Waals surface area contributed by atoms with Gasteiger partial charge in [0.15, 0.2) is 9.84 Å². The van der Waals surface area contributed by atoms with E-state index in [9.17, 15) is 8.42 Å². The van der Waals surface area contributed by atoms with Crippen molar-refractivity contribution in [1.29, 1.82) is 0 Å². The quantitative estimate of drug-likeness (QED) is 0.538. The lowest BCUT2D eigenvalue weighted by Gasteiger charge is -1.87. The molecule has 3 heteroatoms. The van der Waals surface area contributed by atoms with E-state index in [2.05, 4.69) is 6.58 Å². The second-order valence-corrected chi connectivity index (χ2v) is 4.15. The molecule has 0 aromatic heterocycles. The maximum absolute atomic E-state index is 10.7. The van der Waals surface area contributed by atoms with Crippen molar-refractivity contribution >= 4 is 9.84 Å². The molecule has 1 rings (SSSR count). The number of sulfone groups is 1. The summed E-state index contributed by atoms with van der Waals surface area (Å²) in [7, 11) is -2.77. The molecule has 1 heterocycles. The fraction of sp³-hybridized carbons (Fsp3) is 0.333. The van der Waals surface area contributed by atoms with Gasteiger partial charge in [-0.3, -0.25) is 0 Å². The van der Waals surface area contributed by atoms with E-state index in [1.54, 1.807) is 12.2 Å². The van der Waals surface area contributed by atoms with Gasteiger partial charge in [-0.05, 0) is 5.57 Å². The van der Waals surface area contributed by atoms with Crippen LogP contribution in [0.5, 0.6) is 0 Å². The van der Waals surface area contributed by atoms with Crippen molar-refractivity contribution in [3.8, 4) is 0 Å². The third kappa shape index (κ3) is 1.42. The highest BCUT2D eigenvalue weighted by Crippen LogP contribution is 2.10. The summed E-state index contributed by atoms with van der Waals surface area (Å²) in [4.78, 5) is 0. The number of hydrogen-bond acceptors (Lipinski definition) is 2. The number of rotatable bonds is 1. The molecule has 9 heavy (non-hydrogen) atoms. The fourth-order valence-corrected chi connectivity index (χ4v) is 2.08. The van der Waals surface area contributed by atoms with Gasteiger partial charge in [0.25, 0.3) is 0 Å². The summed E-state index contributed by atoms with van der Waals surface area (Å²) in [5.41, 5.74) is 0.829. The molecule has 0 fully saturated rings. The summed E-state index contributed by atoms with van der Waals surface area (Å²) >= 11 is 0. The van der Waals surface area contributed by atoms with E-state index in [1.165, 1.54) is 0 Å². The first-order valence-electron chi connectivity index (χ1n) is 2.66. The second-order valence-electron chi connectivity index (χ2n) is 2.04. The molecular formula is C6H8O2S. The van der Waals surface area contributed by atoms with Gasteiger partial charge in [-0.15, -0.1) is 0 Å². The highest BCUT2D eigenvalue weighted by Gasteiger charge is 2.16. The molecule has 0 saturated heterocycles. The Bertz CT molecular complexity index is 246. The first-order valence-corrected chi connectivity index (χ1v) is 4.48. The lowest BCUT2D eigenvalue weighted by Crippen LogP contribution is -2.01. The van der Waals surface area contributed by atoms with Crippen molar-refractivity contribution in [2.45, 2.75) is 0 Å². The molecule has 0 saturated carbocycles. The van der Waals surface area contributed by atoms with Gasteiger partial charge in [0, 0.05) is 0 Å². The van der Waals surface area contributed by atoms with Crippen molar-refractivity contribution in [3.63, 3.8) is 0 Å². The minimum absolute atomic E-state index is 0.177. The van der Waals surface area contributed by atoms with E-state index in [0.29, 0.717) is 0 Å². The zero-order chi connectivity index (χ0) is 6.91. The first-order chi connectivity index (χ1) is 4.14. The summed E-state index contributed by atoms with van der Waals surface area (Å²) in [5, 5.41) is 0. The van der Waals surface area contributed by atoms with Crippen molar-refractivity contribution < 1.29 is 8.42 Å². The molecule has 1 aliphatic heterocycles. The molecule has 0 aliphatic carbocycles. The molecule has 1 aliphatic rings. The molecule has 0 amide bonds. The van der Waals surface area contributed by atoms with Gasteiger partial charge in [-0.1, -0.05) is 18.7 Å². The Morgan fingerprint density at radius 1 is 1.67 bits per heavy atom. The summed E-state index contributed by atoms with van der Waals surface area (Å²) in [6.45, 7) is 3.48. The third-order valence-corrected chi connectivity index (χ3v) is 2.70. The van der Waals surface area contributed by atoms with Gasteiger partial charge in [0.2, 0.25) is 0 Å². The number of allylic oxidation sites excluding steroid dienone is 1. The topological polar surface area (TPSA) is 34.1 Å². The fourth-order valence-electron chi connectivity index (χ4n) is 0.748. The smallest absolute Gasteiger partial charge is 0.157 e. The molecule has 2 nitrogen and oxygen atoms in total. The van der Waals surface area contributed by atoms with Crippen molar-refractivity contribution in [3.05, 3.63) is 24.3 Å². The molecule has 0 radical (unpaired) electrons. The van der Waals surface area contributed by atoms with Gasteiger partial charge in [0.1, 0.15) is 0 Å². The van der Waals surface area contributed by atoms with Gasteiger partial charge in [0.05, 0.1) is 11.5 Å². The van der Waals surface area contributed by atoms with Crippen LogP contribution >= 0.6 is 0 Å². The lowest BCUT2D eigenvalue weighted by atomic mass is 10.3. The maximum atomic E-state index is 10.7. The monoisotopic (exact) mass is 144 g/mol. The highest BCUT2D eigenvalue weighted by molar-refractivity contribution is 7.92. The van der Waals surface area contributed by atoms with Crippen molar-refractivity contribution in [2.24, 2.45) is 0 Å². The van der Waals surface area contributed by atoms with E-state index in [1.807, 2.05) is 0 Å². The summed E-state index contributed by atoms with van der Waals surface area (Å²) in [6.07, 6.45) is 3.28. The largest absolute Gasteiger partial charge is 0.228 e. The van der Waals surface area contributed by atoms with Crippen LogP contribution in [0.3, 0.4) is 0 Å². The maximum Gasteiger partial charge on any atom is 0.157 e. The second kappa shape index (κ2) is 1.99. The molecule has 0 N–H and O–H groups in total. The van der Waals surface area contributed by atoms with Crippen LogP contribution in [-0.4, -0.2) is 19.9 Å². The summed E-state index contributed by atoms with van der Waals surface area (Å²) < 4.78 is 21.4. The van der Waals surface area contributed by atoms with E-state index in [-0.39, 0.29) is 11.5 Å². The van der Waals surface area contributed by atoms with Crippen LogP contribution in [-0.2, 0) is 9.84 Å². The molecule has 0 spiro atoms. The average molecular weight is 144 g/mol. The van der Waals surface area contributed by atoms with Crippen molar-refractivity contribution in [2.75, 3.05) is 11.5 Å². The number of hydrogen-bond donors (Lipinski definition) is 0. The van der Waals surface area contributed by atoms with Gasteiger partial charge >= 0.3 is 0 Å². The molecule has 50 valence electrons. The van der Waals surface area contributed by atoms with Crippen LogP contribution in [0.15, 0.2) is 24.3 Å². The Labute approximate surface area is 54.8 Å². The van der Waals surface area contributed by atoms with Crippen LogP contribution in [0.25, 0.3) is 0 Å². The average Bonchev–Trinajstić information content (AvgIpc) is 2.10. The van der Waals surface area contributed by atoms with Crippen LogP contribution in [0.4, 0.5) is 0 Å². The van der Waals surface area contributed by atoms with Crippen molar-refractivity contribution in [1.82, 2.24) is 0 Å². The Morgan fingerprint density at radius 3 is 2.56 bits per heavy atom. The van der Waals surface area contributed by atoms with Gasteiger partial charge < -0.3 is 0 Å². The van der Waals surface area contributed by atoms with E-state index in [0.717, 1.165) is 5.57 Å². The molecule has 0 unspecified atom stereocenters. The van der Waals surface area contributed by atoms with Crippen LogP contribution in [0, 0.1) is 0 Å². The molecule has 0 atom stereocenters. The van der Waals surface area contributed by atoms with Crippen LogP contribution < -0.4 is 0 Å². The molecule has 0 bridgehead atoms. The zero-order valence-corrected chi connectivity index (χ0v) is 5.82. The predicted molar refractivity (Wildman–Crippen MR) is 36.9 cm³/mol. The zero-order valence-electron chi connectivity index (χ0n) is 5.00. The minimum atomic E-state index is -2.77. The molecular weight excluding hydrogens is 136 g/mol. The highest BCUT2D eigenvalue weighted by atomic mass is 32.2. The Hall–Kier alpha value is -0.570. The molecule has 0 aromatic carbocycles. The van der Waals surface area contributed by atoms with Crippen LogP contribution in [0.1, 0.15) is 0 Å². The summed E-state index contributed by atoms with van der Waals surface area (Å²) in [5.74, 6) is 0.366.